The van der Waals surface area contributed by atoms with Crippen molar-refractivity contribution in [2.45, 2.75) is 32.9 Å². The molecule has 1 aromatic carbocycles. The minimum absolute atomic E-state index is 0.0245. The van der Waals surface area contributed by atoms with Gasteiger partial charge in [-0.1, -0.05) is 23.7 Å². The average Bonchev–Trinajstić information content (AvgIpc) is 2.88. The zero-order valence-corrected chi connectivity index (χ0v) is 13.9. The number of hydrogen-bond donors (Lipinski definition) is 1. The van der Waals surface area contributed by atoms with Gasteiger partial charge in [0.15, 0.2) is 5.75 Å². The molecule has 4 nitrogen and oxygen atoms in total. The highest BCUT2D eigenvalue weighted by atomic mass is 35.5. The molecule has 0 fully saturated rings. The number of halogens is 1. The van der Waals surface area contributed by atoms with Gasteiger partial charge in [0.1, 0.15) is 5.69 Å². The Morgan fingerprint density at radius 2 is 2.05 bits per heavy atom. The minimum atomic E-state index is -0.0245. The Morgan fingerprint density at radius 3 is 2.62 bits per heavy atom. The molecule has 21 heavy (non-hydrogen) atoms. The van der Waals surface area contributed by atoms with E-state index in [1.165, 1.54) is 0 Å². The van der Waals surface area contributed by atoms with Gasteiger partial charge in [0.2, 0.25) is 0 Å². The van der Waals surface area contributed by atoms with Crippen molar-refractivity contribution in [3.63, 3.8) is 0 Å². The van der Waals surface area contributed by atoms with Crippen molar-refractivity contribution in [2.24, 2.45) is 0 Å². The lowest BCUT2D eigenvalue weighted by molar-refractivity contribution is 0.396. The van der Waals surface area contributed by atoms with Gasteiger partial charge in [0.05, 0.1) is 19.3 Å². The second-order valence-corrected chi connectivity index (χ2v) is 5.72. The second kappa shape index (κ2) is 6.50. The molecule has 0 spiro atoms. The summed E-state index contributed by atoms with van der Waals surface area (Å²) in [5, 5.41) is 8.58. The monoisotopic (exact) mass is 307 g/mol. The molecule has 0 saturated carbocycles. The van der Waals surface area contributed by atoms with Crippen LogP contribution in [0.3, 0.4) is 0 Å². The van der Waals surface area contributed by atoms with Crippen molar-refractivity contribution >= 4 is 11.6 Å². The van der Waals surface area contributed by atoms with Crippen LogP contribution >= 0.6 is 11.6 Å². The van der Waals surface area contributed by atoms with Gasteiger partial charge >= 0.3 is 0 Å². The topological polar surface area (TPSA) is 39.1 Å². The molecule has 1 unspecified atom stereocenters. The van der Waals surface area contributed by atoms with E-state index in [0.29, 0.717) is 0 Å². The van der Waals surface area contributed by atoms with Crippen molar-refractivity contribution in [1.29, 1.82) is 0 Å². The fourth-order valence-corrected chi connectivity index (χ4v) is 2.76. The molecule has 0 amide bonds. The number of benzene rings is 1. The van der Waals surface area contributed by atoms with Crippen molar-refractivity contribution < 1.29 is 4.74 Å². The Kier molecular flexibility index (Phi) is 4.91. The molecule has 5 heteroatoms. The minimum Gasteiger partial charge on any atom is -0.493 e. The molecular formula is C16H22ClN3O. The molecule has 1 heterocycles. The van der Waals surface area contributed by atoms with Crippen LogP contribution in [-0.4, -0.2) is 23.9 Å². The van der Waals surface area contributed by atoms with Crippen molar-refractivity contribution in [1.82, 2.24) is 15.1 Å². The van der Waals surface area contributed by atoms with Gasteiger partial charge in [0, 0.05) is 11.1 Å². The summed E-state index contributed by atoms with van der Waals surface area (Å²) in [7, 11) is 3.60. The summed E-state index contributed by atoms with van der Waals surface area (Å²) in [4.78, 5) is 0. The van der Waals surface area contributed by atoms with Gasteiger partial charge in [-0.3, -0.25) is 4.68 Å². The smallest absolute Gasteiger partial charge is 0.161 e. The first-order valence-corrected chi connectivity index (χ1v) is 7.42. The van der Waals surface area contributed by atoms with Gasteiger partial charge in [-0.25, -0.2) is 0 Å². The number of nitrogens with zero attached hydrogens (tertiary/aromatic N) is 2. The first-order chi connectivity index (χ1) is 10.0. The van der Waals surface area contributed by atoms with E-state index in [9.17, 15) is 0 Å². The fraction of sp³-hybridized carbons (Fsp3) is 0.438. The van der Waals surface area contributed by atoms with Crippen LogP contribution in [-0.2, 0) is 0 Å². The molecule has 0 radical (unpaired) electrons. The summed E-state index contributed by atoms with van der Waals surface area (Å²) in [6.45, 7) is 6.24. The van der Waals surface area contributed by atoms with Gasteiger partial charge < -0.3 is 10.1 Å². The van der Waals surface area contributed by atoms with E-state index in [0.717, 1.165) is 27.6 Å². The quantitative estimate of drug-likeness (QED) is 0.914. The van der Waals surface area contributed by atoms with Crippen LogP contribution in [0.5, 0.6) is 5.75 Å². The van der Waals surface area contributed by atoms with Crippen LogP contribution < -0.4 is 10.1 Å². The Hall–Kier alpha value is -1.52. The first-order valence-electron chi connectivity index (χ1n) is 7.04. The van der Waals surface area contributed by atoms with Gasteiger partial charge in [-0.2, -0.15) is 5.10 Å². The van der Waals surface area contributed by atoms with E-state index < -0.39 is 0 Å². The predicted octanol–water partition coefficient (Wildman–Crippen LogP) is 3.74. The third-order valence-electron chi connectivity index (χ3n) is 3.69. The molecule has 0 saturated heterocycles. The first kappa shape index (κ1) is 15.9. The number of rotatable bonds is 5. The highest BCUT2D eigenvalue weighted by Crippen LogP contribution is 2.34. The Bertz CT molecular complexity index is 622. The zero-order chi connectivity index (χ0) is 15.6. The van der Waals surface area contributed by atoms with E-state index in [1.54, 1.807) is 13.3 Å². The van der Waals surface area contributed by atoms with Crippen LogP contribution in [0.4, 0.5) is 0 Å². The molecule has 0 aliphatic carbocycles. The lowest BCUT2D eigenvalue weighted by Gasteiger charge is -2.23. The maximum Gasteiger partial charge on any atom is 0.161 e. The molecule has 114 valence electrons. The summed E-state index contributed by atoms with van der Waals surface area (Å²) in [6.07, 6.45) is 1.76. The normalized spacial score (nSPS) is 12.7. The van der Waals surface area contributed by atoms with E-state index in [-0.39, 0.29) is 12.1 Å². The number of aromatic nitrogens is 2. The van der Waals surface area contributed by atoms with Gasteiger partial charge in [-0.15, -0.1) is 0 Å². The summed E-state index contributed by atoms with van der Waals surface area (Å²) < 4.78 is 7.48. The Balaban J connectivity index is 2.61. The van der Waals surface area contributed by atoms with E-state index in [4.69, 9.17) is 16.3 Å². The van der Waals surface area contributed by atoms with Crippen LogP contribution in [0.2, 0.25) is 5.02 Å². The third kappa shape index (κ3) is 2.92. The molecular weight excluding hydrogens is 286 g/mol. The predicted molar refractivity (Wildman–Crippen MR) is 86.3 cm³/mol. The standard InChI is InChI=1S/C16H22ClN3O/c1-10(2)20-16(14(21-5)9-19-20)15(18-4)12-7-6-8-13(17)11(12)3/h6-10,15,18H,1-5H3. The Labute approximate surface area is 131 Å². The molecule has 1 atom stereocenters. The molecule has 1 N–H and O–H groups in total. The average molecular weight is 308 g/mol. The van der Waals surface area contributed by atoms with E-state index in [2.05, 4.69) is 30.3 Å². The fourth-order valence-electron chi connectivity index (χ4n) is 2.58. The number of ether oxygens (including phenoxy) is 1. The SMILES string of the molecule is CNC(c1cccc(Cl)c1C)c1c(OC)cnn1C(C)C. The highest BCUT2D eigenvalue weighted by molar-refractivity contribution is 6.31. The number of methoxy groups -OCH3 is 1. The molecule has 0 aliphatic rings. The summed E-state index contributed by atoms with van der Waals surface area (Å²) >= 11 is 6.27. The highest BCUT2D eigenvalue weighted by Gasteiger charge is 2.25. The summed E-state index contributed by atoms with van der Waals surface area (Å²) in [5.41, 5.74) is 3.21. The van der Waals surface area contributed by atoms with Crippen LogP contribution in [0, 0.1) is 6.92 Å². The lowest BCUT2D eigenvalue weighted by Crippen LogP contribution is -2.23. The molecule has 0 bridgehead atoms. The van der Waals surface area contributed by atoms with Gasteiger partial charge in [-0.05, 0) is 45.0 Å². The maximum atomic E-state index is 6.27. The molecule has 1 aromatic heterocycles. The third-order valence-corrected chi connectivity index (χ3v) is 4.10. The maximum absolute atomic E-state index is 6.27. The van der Waals surface area contributed by atoms with Crippen LogP contribution in [0.1, 0.15) is 42.8 Å². The zero-order valence-electron chi connectivity index (χ0n) is 13.1. The summed E-state index contributed by atoms with van der Waals surface area (Å²) in [5.74, 6) is 0.780. The van der Waals surface area contributed by atoms with Gasteiger partial charge in [0.25, 0.3) is 0 Å². The van der Waals surface area contributed by atoms with Crippen LogP contribution in [0.15, 0.2) is 24.4 Å². The van der Waals surface area contributed by atoms with Crippen molar-refractivity contribution in [2.75, 3.05) is 14.2 Å². The van der Waals surface area contributed by atoms with E-state index >= 15 is 0 Å². The second-order valence-electron chi connectivity index (χ2n) is 5.31. The van der Waals surface area contributed by atoms with Crippen molar-refractivity contribution in [3.8, 4) is 5.75 Å². The Morgan fingerprint density at radius 1 is 1.33 bits per heavy atom. The lowest BCUT2D eigenvalue weighted by atomic mass is 9.98. The molecule has 0 aliphatic heterocycles. The largest absolute Gasteiger partial charge is 0.493 e. The molecule has 2 rings (SSSR count). The number of nitrogens with one attached hydrogen (secondary N) is 1. The summed E-state index contributed by atoms with van der Waals surface area (Å²) in [6, 6.07) is 6.18. The number of hydrogen-bond acceptors (Lipinski definition) is 3. The van der Waals surface area contributed by atoms with Crippen molar-refractivity contribution in [3.05, 3.63) is 46.2 Å². The molecule has 2 aromatic rings. The van der Waals surface area contributed by atoms with E-state index in [1.807, 2.05) is 30.8 Å². The van der Waals surface area contributed by atoms with Crippen LogP contribution in [0.25, 0.3) is 0 Å².